The average Bonchev–Trinajstić information content (AvgIpc) is 2.85. The molecule has 21 heavy (non-hydrogen) atoms. The molecule has 2 N–H and O–H groups in total. The van der Waals surface area contributed by atoms with Gasteiger partial charge in [0, 0.05) is 5.56 Å². The number of hydrogen-bond donors (Lipinski definition) is 1. The Bertz CT molecular complexity index is 795. The Labute approximate surface area is 120 Å². The molecule has 3 nitrogen and oxygen atoms in total. The molecule has 0 radical (unpaired) electrons. The van der Waals surface area contributed by atoms with Crippen LogP contribution in [-0.4, -0.2) is 5.16 Å². The molecule has 0 bridgehead atoms. The van der Waals surface area contributed by atoms with Crippen LogP contribution in [0.4, 0.5) is 14.6 Å². The van der Waals surface area contributed by atoms with Crippen molar-refractivity contribution in [2.45, 2.75) is 6.92 Å². The van der Waals surface area contributed by atoms with E-state index in [0.717, 1.165) is 23.3 Å². The summed E-state index contributed by atoms with van der Waals surface area (Å²) in [7, 11) is 0. The third kappa shape index (κ3) is 2.38. The van der Waals surface area contributed by atoms with Gasteiger partial charge in [0.15, 0.2) is 23.2 Å². The van der Waals surface area contributed by atoms with E-state index in [2.05, 4.69) is 5.16 Å². The van der Waals surface area contributed by atoms with E-state index in [1.54, 1.807) is 0 Å². The van der Waals surface area contributed by atoms with Gasteiger partial charge in [-0.1, -0.05) is 35.0 Å². The Hall–Kier alpha value is -2.69. The number of nitrogen functional groups attached to an aromatic ring is 1. The normalized spacial score (nSPS) is 10.8. The highest BCUT2D eigenvalue weighted by Gasteiger charge is 2.18. The van der Waals surface area contributed by atoms with Crippen LogP contribution in [0.5, 0.6) is 0 Å². The van der Waals surface area contributed by atoms with Crippen LogP contribution < -0.4 is 5.73 Å². The number of anilines is 1. The lowest BCUT2D eigenvalue weighted by Crippen LogP contribution is -1.90. The number of benzene rings is 2. The maximum absolute atomic E-state index is 13.4. The second-order valence-corrected chi connectivity index (χ2v) is 4.77. The Morgan fingerprint density at radius 2 is 1.62 bits per heavy atom. The van der Waals surface area contributed by atoms with Gasteiger partial charge in [-0.2, -0.15) is 0 Å². The SMILES string of the molecule is Cc1ccc(-c2c(N)noc2-c2ccc(F)c(F)c2)cc1. The number of nitrogens with two attached hydrogens (primary N) is 1. The van der Waals surface area contributed by atoms with Crippen LogP contribution >= 0.6 is 0 Å². The lowest BCUT2D eigenvalue weighted by atomic mass is 10.0. The van der Waals surface area contributed by atoms with Gasteiger partial charge in [0.05, 0.1) is 5.56 Å². The summed E-state index contributed by atoms with van der Waals surface area (Å²) < 4.78 is 31.6. The lowest BCUT2D eigenvalue weighted by molar-refractivity contribution is 0.435. The number of aryl methyl sites for hydroxylation is 1. The molecule has 1 aromatic heterocycles. The first-order valence-corrected chi connectivity index (χ1v) is 6.34. The largest absolute Gasteiger partial charge is 0.380 e. The fraction of sp³-hybridized carbons (Fsp3) is 0.0625. The highest BCUT2D eigenvalue weighted by atomic mass is 19.2. The number of halogens is 2. The first kappa shape index (κ1) is 13.3. The molecule has 0 saturated heterocycles. The molecule has 0 aliphatic rings. The zero-order valence-corrected chi connectivity index (χ0v) is 11.2. The van der Waals surface area contributed by atoms with E-state index in [1.807, 2.05) is 31.2 Å². The minimum atomic E-state index is -0.947. The zero-order chi connectivity index (χ0) is 15.0. The van der Waals surface area contributed by atoms with Crippen LogP contribution in [0.1, 0.15) is 5.56 Å². The summed E-state index contributed by atoms with van der Waals surface area (Å²) in [6, 6.07) is 11.1. The molecule has 3 rings (SSSR count). The Morgan fingerprint density at radius 1 is 0.952 bits per heavy atom. The predicted octanol–water partition coefficient (Wildman–Crippen LogP) is 4.18. The first-order chi connectivity index (χ1) is 10.1. The first-order valence-electron chi connectivity index (χ1n) is 6.34. The Balaban J connectivity index is 2.16. The predicted molar refractivity (Wildman–Crippen MR) is 76.4 cm³/mol. The molecule has 3 aromatic rings. The quantitative estimate of drug-likeness (QED) is 0.769. The molecule has 0 aliphatic carbocycles. The highest BCUT2D eigenvalue weighted by Crippen LogP contribution is 2.36. The summed E-state index contributed by atoms with van der Waals surface area (Å²) in [6.45, 7) is 1.97. The summed E-state index contributed by atoms with van der Waals surface area (Å²) in [4.78, 5) is 0. The van der Waals surface area contributed by atoms with Crippen molar-refractivity contribution >= 4 is 5.82 Å². The molecule has 0 saturated carbocycles. The molecule has 1 heterocycles. The van der Waals surface area contributed by atoms with Crippen molar-refractivity contribution in [3.05, 3.63) is 59.7 Å². The van der Waals surface area contributed by atoms with Crippen LogP contribution in [-0.2, 0) is 0 Å². The average molecular weight is 286 g/mol. The van der Waals surface area contributed by atoms with Gasteiger partial charge in [-0.05, 0) is 30.7 Å². The number of aromatic nitrogens is 1. The second kappa shape index (κ2) is 5.01. The standard InChI is InChI=1S/C16H12F2N2O/c1-9-2-4-10(5-3-9)14-15(21-20-16(14)19)11-6-7-12(17)13(18)8-11/h2-8H,1H3,(H2,19,20). The maximum Gasteiger partial charge on any atom is 0.177 e. The van der Waals surface area contributed by atoms with Gasteiger partial charge in [-0.25, -0.2) is 8.78 Å². The molecule has 5 heteroatoms. The molecule has 0 aliphatic heterocycles. The zero-order valence-electron chi connectivity index (χ0n) is 11.2. The van der Waals surface area contributed by atoms with Crippen LogP contribution in [0.25, 0.3) is 22.5 Å². The fourth-order valence-corrected chi connectivity index (χ4v) is 2.14. The van der Waals surface area contributed by atoms with Gasteiger partial charge < -0.3 is 10.3 Å². The van der Waals surface area contributed by atoms with Gasteiger partial charge in [-0.15, -0.1) is 0 Å². The van der Waals surface area contributed by atoms with Gasteiger partial charge in [0.25, 0.3) is 0 Å². The topological polar surface area (TPSA) is 52.0 Å². The van der Waals surface area contributed by atoms with E-state index in [1.165, 1.54) is 6.07 Å². The Kier molecular flexibility index (Phi) is 3.17. The van der Waals surface area contributed by atoms with Crippen LogP contribution in [0.15, 0.2) is 47.0 Å². The van der Waals surface area contributed by atoms with Crippen LogP contribution in [0.3, 0.4) is 0 Å². The summed E-state index contributed by atoms with van der Waals surface area (Å²) >= 11 is 0. The van der Waals surface area contributed by atoms with Crippen LogP contribution in [0, 0.1) is 18.6 Å². The molecular formula is C16H12F2N2O. The minimum absolute atomic E-state index is 0.207. The van der Waals surface area contributed by atoms with Crippen LogP contribution in [0.2, 0.25) is 0 Å². The van der Waals surface area contributed by atoms with Crippen molar-refractivity contribution in [1.82, 2.24) is 5.16 Å². The maximum atomic E-state index is 13.4. The van der Waals surface area contributed by atoms with Gasteiger partial charge in [0.1, 0.15) is 0 Å². The van der Waals surface area contributed by atoms with Gasteiger partial charge >= 0.3 is 0 Å². The molecule has 106 valence electrons. The smallest absolute Gasteiger partial charge is 0.177 e. The summed E-state index contributed by atoms with van der Waals surface area (Å²) in [5, 5.41) is 3.73. The van der Waals surface area contributed by atoms with E-state index in [0.29, 0.717) is 16.9 Å². The third-order valence-electron chi connectivity index (χ3n) is 3.24. The summed E-state index contributed by atoms with van der Waals surface area (Å²) in [6.07, 6.45) is 0. The number of hydrogen-bond acceptors (Lipinski definition) is 3. The van der Waals surface area contributed by atoms with E-state index in [4.69, 9.17) is 10.3 Å². The monoisotopic (exact) mass is 286 g/mol. The Morgan fingerprint density at radius 3 is 2.29 bits per heavy atom. The number of rotatable bonds is 2. The van der Waals surface area contributed by atoms with Crippen molar-refractivity contribution in [1.29, 1.82) is 0 Å². The lowest BCUT2D eigenvalue weighted by Gasteiger charge is -2.04. The fourth-order valence-electron chi connectivity index (χ4n) is 2.14. The highest BCUT2D eigenvalue weighted by molar-refractivity contribution is 5.86. The van der Waals surface area contributed by atoms with E-state index in [-0.39, 0.29) is 5.82 Å². The van der Waals surface area contributed by atoms with Crippen molar-refractivity contribution in [2.75, 3.05) is 5.73 Å². The third-order valence-corrected chi connectivity index (χ3v) is 3.24. The van der Waals surface area contributed by atoms with Gasteiger partial charge in [0.2, 0.25) is 0 Å². The van der Waals surface area contributed by atoms with Gasteiger partial charge in [-0.3, -0.25) is 0 Å². The van der Waals surface area contributed by atoms with Crippen molar-refractivity contribution in [2.24, 2.45) is 0 Å². The second-order valence-electron chi connectivity index (χ2n) is 4.77. The van der Waals surface area contributed by atoms with Crippen molar-refractivity contribution in [3.8, 4) is 22.5 Å². The summed E-state index contributed by atoms with van der Waals surface area (Å²) in [5.41, 5.74) is 8.70. The molecule has 2 aromatic carbocycles. The molecule has 0 amide bonds. The minimum Gasteiger partial charge on any atom is -0.380 e. The molecule has 0 atom stereocenters. The van der Waals surface area contributed by atoms with E-state index >= 15 is 0 Å². The molecular weight excluding hydrogens is 274 g/mol. The van der Waals surface area contributed by atoms with E-state index in [9.17, 15) is 8.78 Å². The molecule has 0 fully saturated rings. The number of nitrogens with zero attached hydrogens (tertiary/aromatic N) is 1. The molecule has 0 spiro atoms. The van der Waals surface area contributed by atoms with Crippen molar-refractivity contribution in [3.63, 3.8) is 0 Å². The van der Waals surface area contributed by atoms with Crippen molar-refractivity contribution < 1.29 is 13.3 Å². The molecule has 0 unspecified atom stereocenters. The van der Waals surface area contributed by atoms with E-state index < -0.39 is 11.6 Å². The summed E-state index contributed by atoms with van der Waals surface area (Å²) in [5.74, 6) is -1.34.